The molecule has 1 aliphatic heterocycles. The van der Waals surface area contributed by atoms with E-state index in [1.54, 1.807) is 29.3 Å². The Balaban J connectivity index is 1.36. The van der Waals surface area contributed by atoms with Gasteiger partial charge < -0.3 is 4.74 Å². The van der Waals surface area contributed by atoms with Crippen molar-refractivity contribution in [2.45, 2.75) is 24.3 Å². The van der Waals surface area contributed by atoms with Crippen LogP contribution in [0.1, 0.15) is 18.5 Å². The van der Waals surface area contributed by atoms with Gasteiger partial charge >= 0.3 is 0 Å². The molecule has 11 heteroatoms. The van der Waals surface area contributed by atoms with Gasteiger partial charge in [0.05, 0.1) is 34.0 Å². The molecule has 1 aliphatic rings. The summed E-state index contributed by atoms with van der Waals surface area (Å²) in [4.78, 5) is 24.7. The van der Waals surface area contributed by atoms with Gasteiger partial charge in [0.15, 0.2) is 5.13 Å². The number of nitrogens with zero attached hydrogens (tertiary/aromatic N) is 4. The Morgan fingerprint density at radius 1 is 1.11 bits per heavy atom. The number of hydrogen-bond donors (Lipinski definition) is 0. The molecule has 0 unspecified atom stereocenters. The Kier molecular flexibility index (Phi) is 7.43. The van der Waals surface area contributed by atoms with Crippen LogP contribution in [0.4, 0.5) is 5.13 Å². The highest BCUT2D eigenvalue weighted by molar-refractivity contribution is 7.89. The molecule has 1 fully saturated rings. The number of fused-ring (bicyclic) bond motifs is 1. The molecular weight excluding hydrogens is 532 g/mol. The maximum atomic E-state index is 13.8. The van der Waals surface area contributed by atoms with Gasteiger partial charge in [-0.05, 0) is 61.4 Å². The SMILES string of the molecule is COc1ccc(S(=O)(=O)N2CCC(C(=O)N(Cc3ccccn3)c3nc4c(Cl)cccc4s3)CC2)cc1. The average molecular weight is 557 g/mol. The summed E-state index contributed by atoms with van der Waals surface area (Å²) in [5.74, 6) is 0.156. The van der Waals surface area contributed by atoms with Crippen LogP contribution in [0, 0.1) is 5.92 Å². The van der Waals surface area contributed by atoms with Crippen LogP contribution >= 0.6 is 22.9 Å². The number of benzene rings is 2. The van der Waals surface area contributed by atoms with E-state index in [-0.39, 0.29) is 36.4 Å². The van der Waals surface area contributed by atoms with Crippen LogP contribution in [0.15, 0.2) is 71.8 Å². The highest BCUT2D eigenvalue weighted by Gasteiger charge is 2.35. The number of carbonyl (C=O) groups is 1. The molecule has 2 aromatic carbocycles. The molecule has 5 rings (SSSR count). The Morgan fingerprint density at radius 2 is 1.86 bits per heavy atom. The van der Waals surface area contributed by atoms with Crippen molar-refractivity contribution < 1.29 is 17.9 Å². The number of anilines is 1. The van der Waals surface area contributed by atoms with E-state index in [4.69, 9.17) is 16.3 Å². The number of carbonyl (C=O) groups excluding carboxylic acids is 1. The van der Waals surface area contributed by atoms with Crippen molar-refractivity contribution in [2.24, 2.45) is 5.92 Å². The Bertz CT molecular complexity index is 1500. The lowest BCUT2D eigenvalue weighted by Crippen LogP contribution is -2.44. The third kappa shape index (κ3) is 5.33. The topological polar surface area (TPSA) is 92.7 Å². The number of hydrogen-bond acceptors (Lipinski definition) is 7. The Hall–Kier alpha value is -3.05. The summed E-state index contributed by atoms with van der Waals surface area (Å²) >= 11 is 7.75. The van der Waals surface area contributed by atoms with Gasteiger partial charge in [-0.3, -0.25) is 14.7 Å². The second-order valence-corrected chi connectivity index (χ2v) is 12.0. The van der Waals surface area contributed by atoms with Crippen molar-refractivity contribution in [3.8, 4) is 5.75 Å². The Labute approximate surface area is 224 Å². The monoisotopic (exact) mass is 556 g/mol. The molecule has 2 aromatic heterocycles. The molecule has 0 N–H and O–H groups in total. The zero-order valence-electron chi connectivity index (χ0n) is 20.1. The fourth-order valence-electron chi connectivity index (χ4n) is 4.37. The first-order chi connectivity index (χ1) is 17.9. The number of halogens is 1. The van der Waals surface area contributed by atoms with Crippen LogP contribution in [0.5, 0.6) is 5.75 Å². The zero-order valence-corrected chi connectivity index (χ0v) is 22.5. The quantitative estimate of drug-likeness (QED) is 0.318. The predicted molar refractivity (Wildman–Crippen MR) is 145 cm³/mol. The van der Waals surface area contributed by atoms with E-state index < -0.39 is 10.0 Å². The van der Waals surface area contributed by atoms with Crippen LogP contribution in [-0.4, -0.2) is 48.8 Å². The zero-order chi connectivity index (χ0) is 26.0. The van der Waals surface area contributed by atoms with E-state index in [0.29, 0.717) is 34.3 Å². The van der Waals surface area contributed by atoms with Crippen molar-refractivity contribution in [1.82, 2.24) is 14.3 Å². The van der Waals surface area contributed by atoms with Crippen LogP contribution in [0.2, 0.25) is 5.02 Å². The summed E-state index contributed by atoms with van der Waals surface area (Å²) in [5, 5.41) is 1.08. The van der Waals surface area contributed by atoms with Crippen molar-refractivity contribution in [3.05, 3.63) is 77.6 Å². The van der Waals surface area contributed by atoms with Crippen LogP contribution in [0.3, 0.4) is 0 Å². The summed E-state index contributed by atoms with van der Waals surface area (Å²) in [6.07, 6.45) is 2.52. The molecule has 0 saturated carbocycles. The van der Waals surface area contributed by atoms with Crippen LogP contribution in [0.25, 0.3) is 10.2 Å². The number of thiazole rings is 1. The minimum absolute atomic E-state index is 0.0951. The van der Waals surface area contributed by atoms with Crippen molar-refractivity contribution in [3.63, 3.8) is 0 Å². The lowest BCUT2D eigenvalue weighted by atomic mass is 9.96. The Morgan fingerprint density at radius 3 is 2.51 bits per heavy atom. The standard InChI is InChI=1S/C26H25ClN4O4S2/c1-35-20-8-10-21(11-9-20)37(33,34)30-15-12-18(13-16-30)25(32)31(17-19-5-2-3-14-28-19)26-29-24-22(27)6-4-7-23(24)36-26/h2-11,14,18H,12-13,15-17H2,1H3. The molecule has 0 bridgehead atoms. The second-order valence-electron chi connectivity index (χ2n) is 8.68. The smallest absolute Gasteiger partial charge is 0.243 e. The van der Waals surface area contributed by atoms with Gasteiger partial charge in [0.25, 0.3) is 0 Å². The van der Waals surface area contributed by atoms with Crippen molar-refractivity contribution >= 4 is 54.2 Å². The van der Waals surface area contributed by atoms with E-state index in [0.717, 1.165) is 10.4 Å². The summed E-state index contributed by atoms with van der Waals surface area (Å²) in [6, 6.07) is 17.5. The first-order valence-corrected chi connectivity index (χ1v) is 14.4. The lowest BCUT2D eigenvalue weighted by Gasteiger charge is -2.33. The second kappa shape index (κ2) is 10.7. The highest BCUT2D eigenvalue weighted by Crippen LogP contribution is 2.35. The predicted octanol–water partition coefficient (Wildman–Crippen LogP) is 4.99. The first-order valence-electron chi connectivity index (χ1n) is 11.8. The van der Waals surface area contributed by atoms with Crippen LogP contribution < -0.4 is 9.64 Å². The van der Waals surface area contributed by atoms with E-state index in [2.05, 4.69) is 9.97 Å². The van der Waals surface area contributed by atoms with Crippen LogP contribution in [-0.2, 0) is 21.4 Å². The maximum Gasteiger partial charge on any atom is 0.243 e. The number of methoxy groups -OCH3 is 1. The molecule has 8 nitrogen and oxygen atoms in total. The molecule has 0 aliphatic carbocycles. The molecule has 37 heavy (non-hydrogen) atoms. The van der Waals surface area contributed by atoms with Gasteiger partial charge in [-0.25, -0.2) is 13.4 Å². The molecule has 0 radical (unpaired) electrons. The van der Waals surface area contributed by atoms with Gasteiger partial charge in [-0.15, -0.1) is 0 Å². The third-order valence-corrected chi connectivity index (χ3v) is 9.66. The minimum atomic E-state index is -3.66. The fourth-order valence-corrected chi connectivity index (χ4v) is 7.11. The number of piperidine rings is 1. The van der Waals surface area contributed by atoms with Crippen molar-refractivity contribution in [1.29, 1.82) is 0 Å². The van der Waals surface area contributed by atoms with Crippen molar-refractivity contribution in [2.75, 3.05) is 25.1 Å². The molecule has 1 amide bonds. The van der Waals surface area contributed by atoms with Gasteiger partial charge in [-0.1, -0.05) is 35.1 Å². The largest absolute Gasteiger partial charge is 0.497 e. The fraction of sp³-hybridized carbons (Fsp3) is 0.269. The molecular formula is C26H25ClN4O4S2. The number of sulfonamides is 1. The van der Waals surface area contributed by atoms with E-state index in [1.807, 2.05) is 30.3 Å². The molecule has 192 valence electrons. The summed E-state index contributed by atoms with van der Waals surface area (Å²) in [5.41, 5.74) is 1.39. The van der Waals surface area contributed by atoms with Gasteiger partial charge in [0, 0.05) is 25.2 Å². The maximum absolute atomic E-state index is 13.8. The van der Waals surface area contributed by atoms with E-state index >= 15 is 0 Å². The third-order valence-electron chi connectivity index (χ3n) is 6.40. The number of pyridine rings is 1. The van der Waals surface area contributed by atoms with Gasteiger partial charge in [-0.2, -0.15) is 4.31 Å². The summed E-state index contributed by atoms with van der Waals surface area (Å²) < 4.78 is 33.8. The average Bonchev–Trinajstić information content (AvgIpc) is 3.37. The molecule has 4 aromatic rings. The molecule has 0 atom stereocenters. The van der Waals surface area contributed by atoms with Gasteiger partial charge in [0.2, 0.25) is 15.9 Å². The number of ether oxygens (including phenoxy) is 1. The molecule has 1 saturated heterocycles. The minimum Gasteiger partial charge on any atom is -0.497 e. The summed E-state index contributed by atoms with van der Waals surface area (Å²) in [6.45, 7) is 0.781. The normalized spacial score (nSPS) is 15.1. The number of rotatable bonds is 7. The van der Waals surface area contributed by atoms with E-state index in [9.17, 15) is 13.2 Å². The highest BCUT2D eigenvalue weighted by atomic mass is 35.5. The molecule has 3 heterocycles. The number of amides is 1. The van der Waals surface area contributed by atoms with Gasteiger partial charge in [0.1, 0.15) is 11.3 Å². The first kappa shape index (κ1) is 25.6. The summed E-state index contributed by atoms with van der Waals surface area (Å²) in [7, 11) is -2.13. The lowest BCUT2D eigenvalue weighted by molar-refractivity contribution is -0.123. The number of aromatic nitrogens is 2. The molecule has 0 spiro atoms. The number of para-hydroxylation sites is 1. The van der Waals surface area contributed by atoms with E-state index in [1.165, 1.54) is 34.9 Å².